The van der Waals surface area contributed by atoms with E-state index in [1.165, 1.54) is 38.5 Å². The van der Waals surface area contributed by atoms with Gasteiger partial charge in [-0.05, 0) is 6.42 Å². The van der Waals surface area contributed by atoms with Crippen molar-refractivity contribution in [2.24, 2.45) is 7.05 Å². The maximum Gasteiger partial charge on any atom is 0.338 e. The Morgan fingerprint density at radius 2 is 1.52 bits per heavy atom. The first-order valence-corrected chi connectivity index (χ1v) is 7.86. The highest BCUT2D eigenvalue weighted by molar-refractivity contribution is 5.88. The first-order chi connectivity index (χ1) is 9.74. The van der Waals surface area contributed by atoms with E-state index in [9.17, 15) is 4.79 Å². The lowest BCUT2D eigenvalue weighted by Crippen LogP contribution is -3.00. The van der Waals surface area contributed by atoms with Crippen molar-refractivity contribution in [2.75, 3.05) is 6.61 Å². The summed E-state index contributed by atoms with van der Waals surface area (Å²) in [7, 11) is 1.93. The number of aromatic nitrogens is 1. The molecule has 0 aliphatic rings. The van der Waals surface area contributed by atoms with Gasteiger partial charge in [0.05, 0.1) is 12.2 Å². The van der Waals surface area contributed by atoms with Gasteiger partial charge in [0.25, 0.3) is 0 Å². The lowest BCUT2D eigenvalue weighted by molar-refractivity contribution is -0.671. The number of hydrogen-bond acceptors (Lipinski definition) is 2. The van der Waals surface area contributed by atoms with Crippen molar-refractivity contribution in [1.29, 1.82) is 0 Å². The number of rotatable bonds is 10. The summed E-state index contributed by atoms with van der Waals surface area (Å²) in [6.07, 6.45) is 13.8. The third kappa shape index (κ3) is 9.82. The molecule has 0 N–H and O–H groups in total. The fourth-order valence-corrected chi connectivity index (χ4v) is 2.12. The van der Waals surface area contributed by atoms with Crippen molar-refractivity contribution in [2.45, 2.75) is 58.3 Å². The van der Waals surface area contributed by atoms with E-state index in [4.69, 9.17) is 4.74 Å². The highest BCUT2D eigenvalue weighted by atomic mass is 127. The summed E-state index contributed by atoms with van der Waals surface area (Å²) in [6, 6.07) is 3.58. The molecule has 0 aliphatic heterocycles. The number of nitrogens with zero attached hydrogens (tertiary/aromatic N) is 1. The van der Waals surface area contributed by atoms with E-state index in [2.05, 4.69) is 6.92 Å². The minimum absolute atomic E-state index is 0. The van der Waals surface area contributed by atoms with Crippen molar-refractivity contribution in [1.82, 2.24) is 0 Å². The van der Waals surface area contributed by atoms with Gasteiger partial charge in [-0.1, -0.05) is 51.9 Å². The Labute approximate surface area is 146 Å². The van der Waals surface area contributed by atoms with Crippen LogP contribution < -0.4 is 28.5 Å². The fourth-order valence-electron chi connectivity index (χ4n) is 2.12. The molecule has 0 saturated heterocycles. The van der Waals surface area contributed by atoms with Crippen LogP contribution in [-0.2, 0) is 11.8 Å². The molecule has 4 heteroatoms. The van der Waals surface area contributed by atoms with Crippen LogP contribution in [0.5, 0.6) is 0 Å². The van der Waals surface area contributed by atoms with Crippen LogP contribution in [-0.4, -0.2) is 12.6 Å². The Balaban J connectivity index is 0.00000400. The molecule has 1 aromatic rings. The zero-order valence-electron chi connectivity index (χ0n) is 13.3. The predicted molar refractivity (Wildman–Crippen MR) is 80.5 cm³/mol. The summed E-state index contributed by atoms with van der Waals surface area (Å²) < 4.78 is 7.16. The Bertz CT molecular complexity index is 379. The van der Waals surface area contributed by atoms with Gasteiger partial charge in [0.1, 0.15) is 7.05 Å². The molecule has 120 valence electrons. The monoisotopic (exact) mass is 405 g/mol. The summed E-state index contributed by atoms with van der Waals surface area (Å²) in [5.74, 6) is -0.214. The van der Waals surface area contributed by atoms with Crippen LogP contribution in [0.4, 0.5) is 0 Å². The van der Waals surface area contributed by atoms with E-state index in [-0.39, 0.29) is 29.9 Å². The molecule has 0 amide bonds. The molecule has 0 radical (unpaired) electrons. The number of carbonyl (C=O) groups is 1. The van der Waals surface area contributed by atoms with Crippen LogP contribution in [0.2, 0.25) is 0 Å². The molecule has 0 fully saturated rings. The molecule has 1 heterocycles. The lowest BCUT2D eigenvalue weighted by Gasteiger charge is -2.04. The molecule has 0 unspecified atom stereocenters. The number of carbonyl (C=O) groups excluding carboxylic acids is 1. The van der Waals surface area contributed by atoms with Crippen molar-refractivity contribution in [3.8, 4) is 0 Å². The van der Waals surface area contributed by atoms with Crippen LogP contribution in [0.1, 0.15) is 68.6 Å². The van der Waals surface area contributed by atoms with Crippen LogP contribution in [0.15, 0.2) is 24.5 Å². The molecule has 3 nitrogen and oxygen atoms in total. The largest absolute Gasteiger partial charge is 1.00 e. The summed E-state index contributed by atoms with van der Waals surface area (Å²) in [6.45, 7) is 2.77. The van der Waals surface area contributed by atoms with Crippen molar-refractivity contribution in [3.63, 3.8) is 0 Å². The number of aryl methyl sites for hydroxylation is 1. The standard InChI is InChI=1S/C17H28NO2.HI/c1-3-4-5-6-7-8-9-10-15-20-17(19)16-11-13-18(2)14-12-16;/h11-14H,3-10,15H2,1-2H3;1H/q+1;/p-1. The van der Waals surface area contributed by atoms with E-state index in [0.717, 1.165) is 12.8 Å². The average molecular weight is 405 g/mol. The summed E-state index contributed by atoms with van der Waals surface area (Å²) in [5, 5.41) is 0. The highest BCUT2D eigenvalue weighted by Gasteiger charge is 2.07. The molecule has 21 heavy (non-hydrogen) atoms. The van der Waals surface area contributed by atoms with E-state index >= 15 is 0 Å². The maximum atomic E-state index is 11.7. The summed E-state index contributed by atoms with van der Waals surface area (Å²) in [4.78, 5) is 11.7. The lowest BCUT2D eigenvalue weighted by atomic mass is 10.1. The zero-order chi connectivity index (χ0) is 14.6. The Morgan fingerprint density at radius 1 is 1.00 bits per heavy atom. The van der Waals surface area contributed by atoms with Crippen molar-refractivity contribution < 1.29 is 38.1 Å². The van der Waals surface area contributed by atoms with Crippen LogP contribution in [0.3, 0.4) is 0 Å². The molecular weight excluding hydrogens is 377 g/mol. The molecule has 0 aliphatic carbocycles. The van der Waals surface area contributed by atoms with Gasteiger partial charge >= 0.3 is 5.97 Å². The Hall–Kier alpha value is -0.650. The van der Waals surface area contributed by atoms with Gasteiger partial charge < -0.3 is 28.7 Å². The summed E-state index contributed by atoms with van der Waals surface area (Å²) >= 11 is 0. The van der Waals surface area contributed by atoms with E-state index in [1.54, 1.807) is 12.1 Å². The molecule has 0 saturated carbocycles. The first kappa shape index (κ1) is 20.3. The minimum Gasteiger partial charge on any atom is -1.00 e. The van der Waals surface area contributed by atoms with Gasteiger partial charge in [0.15, 0.2) is 12.4 Å². The van der Waals surface area contributed by atoms with E-state index < -0.39 is 0 Å². The Morgan fingerprint density at radius 3 is 2.10 bits per heavy atom. The minimum atomic E-state index is -0.214. The van der Waals surface area contributed by atoms with Crippen LogP contribution >= 0.6 is 0 Å². The molecule has 0 bridgehead atoms. The van der Waals surface area contributed by atoms with Gasteiger partial charge in [-0.3, -0.25) is 0 Å². The number of halogens is 1. The summed E-state index contributed by atoms with van der Waals surface area (Å²) in [5.41, 5.74) is 0.627. The number of ether oxygens (including phenoxy) is 1. The molecular formula is C17H28INO2. The normalized spacial score (nSPS) is 10.0. The fraction of sp³-hybridized carbons (Fsp3) is 0.647. The zero-order valence-corrected chi connectivity index (χ0v) is 15.5. The van der Waals surface area contributed by atoms with Crippen LogP contribution in [0, 0.1) is 0 Å². The first-order valence-electron chi connectivity index (χ1n) is 7.86. The van der Waals surface area contributed by atoms with Crippen molar-refractivity contribution in [3.05, 3.63) is 30.1 Å². The SMILES string of the molecule is CCCCCCCCCCOC(=O)c1cc[n+](C)cc1.[I-]. The second kappa shape index (κ2) is 13.0. The third-order valence-electron chi connectivity index (χ3n) is 3.45. The smallest absolute Gasteiger partial charge is 0.338 e. The molecule has 1 rings (SSSR count). The van der Waals surface area contributed by atoms with E-state index in [1.807, 2.05) is 24.0 Å². The van der Waals surface area contributed by atoms with Gasteiger partial charge in [-0.15, -0.1) is 0 Å². The quantitative estimate of drug-likeness (QED) is 0.250. The second-order valence-electron chi connectivity index (χ2n) is 5.36. The number of unbranched alkanes of at least 4 members (excludes halogenated alkanes) is 7. The van der Waals surface area contributed by atoms with Gasteiger partial charge in [0.2, 0.25) is 0 Å². The molecule has 1 aromatic heterocycles. The number of hydrogen-bond donors (Lipinski definition) is 0. The molecule has 0 aromatic carbocycles. The topological polar surface area (TPSA) is 30.2 Å². The number of pyridine rings is 1. The molecule has 0 atom stereocenters. The maximum absolute atomic E-state index is 11.7. The second-order valence-corrected chi connectivity index (χ2v) is 5.36. The van der Waals surface area contributed by atoms with Crippen LogP contribution in [0.25, 0.3) is 0 Å². The number of esters is 1. The molecule has 0 spiro atoms. The third-order valence-corrected chi connectivity index (χ3v) is 3.45. The van der Waals surface area contributed by atoms with Gasteiger partial charge in [-0.25, -0.2) is 9.36 Å². The van der Waals surface area contributed by atoms with Crippen molar-refractivity contribution >= 4 is 5.97 Å². The van der Waals surface area contributed by atoms with Gasteiger partial charge in [-0.2, -0.15) is 0 Å². The predicted octanol–water partition coefficient (Wildman–Crippen LogP) is 0.813. The highest BCUT2D eigenvalue weighted by Crippen LogP contribution is 2.08. The average Bonchev–Trinajstić information content (AvgIpc) is 2.46. The van der Waals surface area contributed by atoms with E-state index in [0.29, 0.717) is 12.2 Å². The Kier molecular flexibility index (Phi) is 12.6. The van der Waals surface area contributed by atoms with Gasteiger partial charge in [0, 0.05) is 12.1 Å².